The van der Waals surface area contributed by atoms with E-state index in [0.717, 1.165) is 13.2 Å². The maximum atomic E-state index is 5.30. The molecule has 0 aromatic heterocycles. The molecule has 1 fully saturated rings. The molecule has 2 heteroatoms. The Labute approximate surface area is 79.1 Å². The Kier molecular flexibility index (Phi) is 2.34. The second kappa shape index (κ2) is 3.48. The third kappa shape index (κ3) is 2.08. The van der Waals surface area contributed by atoms with Gasteiger partial charge in [-0.15, -0.1) is 0 Å². The Morgan fingerprint density at radius 2 is 2.08 bits per heavy atom. The first-order valence-corrected chi connectivity index (χ1v) is 4.61. The Morgan fingerprint density at radius 1 is 1.38 bits per heavy atom. The van der Waals surface area contributed by atoms with Crippen LogP contribution in [0, 0.1) is 0 Å². The smallest absolute Gasteiger partial charge is 0.106 e. The summed E-state index contributed by atoms with van der Waals surface area (Å²) < 4.78 is 5.30. The normalized spacial score (nSPS) is 20.7. The van der Waals surface area contributed by atoms with Gasteiger partial charge in [0.1, 0.15) is 6.10 Å². The lowest BCUT2D eigenvalue weighted by Gasteiger charge is -2.12. The van der Waals surface area contributed by atoms with E-state index in [0.29, 0.717) is 6.10 Å². The summed E-state index contributed by atoms with van der Waals surface area (Å²) in [4.78, 5) is 2.18. The van der Waals surface area contributed by atoms with Gasteiger partial charge in [-0.25, -0.2) is 0 Å². The molecule has 0 radical (unpaired) electrons. The highest BCUT2D eigenvalue weighted by molar-refractivity contribution is 5.30. The minimum atomic E-state index is 0.371. The summed E-state index contributed by atoms with van der Waals surface area (Å²) in [5, 5.41) is 0. The Hall–Kier alpha value is -0.860. The maximum Gasteiger partial charge on any atom is 0.106 e. The molecule has 13 heavy (non-hydrogen) atoms. The van der Waals surface area contributed by atoms with Gasteiger partial charge in [-0.2, -0.15) is 0 Å². The quantitative estimate of drug-likeness (QED) is 0.654. The zero-order chi connectivity index (χ0) is 9.26. The molecule has 0 aliphatic carbocycles. The van der Waals surface area contributed by atoms with Gasteiger partial charge in [0, 0.05) is 6.54 Å². The summed E-state index contributed by atoms with van der Waals surface area (Å²) in [6.07, 6.45) is 0.371. The topological polar surface area (TPSA) is 15.8 Å². The van der Waals surface area contributed by atoms with Crippen LogP contribution in [0.2, 0.25) is 0 Å². The summed E-state index contributed by atoms with van der Waals surface area (Å²) in [7, 11) is 4.18. The zero-order valence-corrected chi connectivity index (χ0v) is 8.16. The molecular weight excluding hydrogens is 162 g/mol. The molecule has 1 unspecified atom stereocenters. The summed E-state index contributed by atoms with van der Waals surface area (Å²) in [5.41, 5.74) is 2.74. The average molecular weight is 177 g/mol. The number of nitrogens with zero attached hydrogens (tertiary/aromatic N) is 1. The van der Waals surface area contributed by atoms with Crippen molar-refractivity contribution in [1.82, 2.24) is 4.90 Å². The van der Waals surface area contributed by atoms with Crippen LogP contribution in [-0.4, -0.2) is 25.6 Å². The monoisotopic (exact) mass is 177 g/mol. The Balaban J connectivity index is 2.21. The molecule has 1 aliphatic rings. The molecule has 1 aromatic rings. The number of benzene rings is 1. The molecule has 1 aliphatic heterocycles. The van der Waals surface area contributed by atoms with E-state index in [1.807, 2.05) is 0 Å². The second-order valence-electron chi connectivity index (χ2n) is 3.76. The minimum Gasteiger partial charge on any atom is -0.368 e. The van der Waals surface area contributed by atoms with Crippen molar-refractivity contribution < 1.29 is 4.74 Å². The third-order valence-electron chi connectivity index (χ3n) is 2.22. The summed E-state index contributed by atoms with van der Waals surface area (Å²) >= 11 is 0. The fraction of sp³-hybridized carbons (Fsp3) is 0.455. The van der Waals surface area contributed by atoms with E-state index in [2.05, 4.69) is 43.3 Å². The van der Waals surface area contributed by atoms with Gasteiger partial charge < -0.3 is 9.64 Å². The standard InChI is InChI=1S/C11H15NO/c1-12(2)7-9-5-3-4-6-10(9)11-8-13-11/h3-6,11H,7-8H2,1-2H3. The van der Waals surface area contributed by atoms with Crippen LogP contribution in [0.4, 0.5) is 0 Å². The summed E-state index contributed by atoms with van der Waals surface area (Å²) in [6, 6.07) is 8.51. The van der Waals surface area contributed by atoms with E-state index < -0.39 is 0 Å². The highest BCUT2D eigenvalue weighted by Crippen LogP contribution is 2.32. The first-order chi connectivity index (χ1) is 6.27. The fourth-order valence-electron chi connectivity index (χ4n) is 1.56. The molecule has 1 atom stereocenters. The zero-order valence-electron chi connectivity index (χ0n) is 8.16. The average Bonchev–Trinajstić information content (AvgIpc) is 2.87. The van der Waals surface area contributed by atoms with Crippen LogP contribution in [-0.2, 0) is 11.3 Å². The summed E-state index contributed by atoms with van der Waals surface area (Å²) in [6.45, 7) is 1.89. The largest absolute Gasteiger partial charge is 0.368 e. The third-order valence-corrected chi connectivity index (χ3v) is 2.22. The van der Waals surface area contributed by atoms with Crippen LogP contribution < -0.4 is 0 Å². The van der Waals surface area contributed by atoms with Crippen LogP contribution in [0.25, 0.3) is 0 Å². The van der Waals surface area contributed by atoms with Gasteiger partial charge in [-0.3, -0.25) is 0 Å². The SMILES string of the molecule is CN(C)Cc1ccccc1C1CO1. The highest BCUT2D eigenvalue weighted by Gasteiger charge is 2.26. The van der Waals surface area contributed by atoms with Crippen molar-refractivity contribution in [2.45, 2.75) is 12.6 Å². The molecule has 0 amide bonds. The highest BCUT2D eigenvalue weighted by atomic mass is 16.6. The molecule has 0 N–H and O–H groups in total. The van der Waals surface area contributed by atoms with Crippen LogP contribution in [0.3, 0.4) is 0 Å². The van der Waals surface area contributed by atoms with Gasteiger partial charge in [0.15, 0.2) is 0 Å². The van der Waals surface area contributed by atoms with E-state index >= 15 is 0 Å². The molecule has 2 rings (SSSR count). The molecule has 1 heterocycles. The first-order valence-electron chi connectivity index (χ1n) is 4.61. The lowest BCUT2D eigenvalue weighted by molar-refractivity contribution is 0.389. The molecule has 1 aromatic carbocycles. The van der Waals surface area contributed by atoms with E-state index in [4.69, 9.17) is 4.74 Å². The number of hydrogen-bond donors (Lipinski definition) is 0. The van der Waals surface area contributed by atoms with Crippen LogP contribution in [0.5, 0.6) is 0 Å². The second-order valence-corrected chi connectivity index (χ2v) is 3.76. The first kappa shape index (κ1) is 8.73. The van der Waals surface area contributed by atoms with Crippen molar-refractivity contribution in [2.24, 2.45) is 0 Å². The van der Waals surface area contributed by atoms with Crippen molar-refractivity contribution in [3.05, 3.63) is 35.4 Å². The number of ether oxygens (including phenoxy) is 1. The number of hydrogen-bond acceptors (Lipinski definition) is 2. The lowest BCUT2D eigenvalue weighted by atomic mass is 10.0. The van der Waals surface area contributed by atoms with Gasteiger partial charge >= 0.3 is 0 Å². The van der Waals surface area contributed by atoms with Crippen molar-refractivity contribution >= 4 is 0 Å². The van der Waals surface area contributed by atoms with Crippen LogP contribution in [0.15, 0.2) is 24.3 Å². The lowest BCUT2D eigenvalue weighted by Crippen LogP contribution is -2.12. The molecule has 0 bridgehead atoms. The number of epoxide rings is 1. The molecule has 70 valence electrons. The molecule has 0 saturated carbocycles. The summed E-state index contributed by atoms with van der Waals surface area (Å²) in [5.74, 6) is 0. The van der Waals surface area contributed by atoms with Gasteiger partial charge in [0.2, 0.25) is 0 Å². The van der Waals surface area contributed by atoms with Crippen molar-refractivity contribution in [1.29, 1.82) is 0 Å². The molecule has 0 spiro atoms. The van der Waals surface area contributed by atoms with Crippen molar-refractivity contribution in [3.63, 3.8) is 0 Å². The van der Waals surface area contributed by atoms with Crippen molar-refractivity contribution in [2.75, 3.05) is 20.7 Å². The predicted octanol–water partition coefficient (Wildman–Crippen LogP) is 1.82. The minimum absolute atomic E-state index is 0.371. The van der Waals surface area contributed by atoms with Crippen LogP contribution >= 0.6 is 0 Å². The van der Waals surface area contributed by atoms with E-state index in [-0.39, 0.29) is 0 Å². The Morgan fingerprint density at radius 3 is 2.69 bits per heavy atom. The van der Waals surface area contributed by atoms with Gasteiger partial charge in [0.05, 0.1) is 6.61 Å². The fourth-order valence-corrected chi connectivity index (χ4v) is 1.56. The molecule has 1 saturated heterocycles. The number of rotatable bonds is 3. The van der Waals surface area contributed by atoms with Gasteiger partial charge in [-0.1, -0.05) is 24.3 Å². The Bertz CT molecular complexity index is 292. The van der Waals surface area contributed by atoms with Gasteiger partial charge in [-0.05, 0) is 25.2 Å². The van der Waals surface area contributed by atoms with E-state index in [1.165, 1.54) is 11.1 Å². The maximum absolute atomic E-state index is 5.30. The molecule has 2 nitrogen and oxygen atoms in total. The predicted molar refractivity (Wildman–Crippen MR) is 52.5 cm³/mol. The van der Waals surface area contributed by atoms with Crippen LogP contribution in [0.1, 0.15) is 17.2 Å². The van der Waals surface area contributed by atoms with Crippen molar-refractivity contribution in [3.8, 4) is 0 Å². The van der Waals surface area contributed by atoms with E-state index in [1.54, 1.807) is 0 Å². The molecular formula is C11H15NO. The van der Waals surface area contributed by atoms with E-state index in [9.17, 15) is 0 Å². The van der Waals surface area contributed by atoms with Gasteiger partial charge in [0.25, 0.3) is 0 Å².